The number of thioether (sulfide) groups is 1. The summed E-state index contributed by atoms with van der Waals surface area (Å²) in [5, 5.41) is 17.9. The fraction of sp³-hybridized carbons (Fsp3) is 0.400. The van der Waals surface area contributed by atoms with Crippen LogP contribution in [0.5, 0.6) is 0 Å². The Bertz CT molecular complexity index is 236. The van der Waals surface area contributed by atoms with Crippen LogP contribution in [-0.2, 0) is 0 Å². The summed E-state index contributed by atoms with van der Waals surface area (Å²) >= 11 is 1.50. The van der Waals surface area contributed by atoms with Crippen LogP contribution in [-0.4, -0.2) is 21.8 Å². The second kappa shape index (κ2) is 5.27. The lowest BCUT2D eigenvalue weighted by Crippen LogP contribution is -2.21. The molecule has 2 nitrogen and oxygen atoms in total. The minimum absolute atomic E-state index is 0.137. The number of hydrogen-bond acceptors (Lipinski definition) is 3. The zero-order valence-corrected chi connectivity index (χ0v) is 8.37. The Labute approximate surface area is 82.6 Å². The van der Waals surface area contributed by atoms with Gasteiger partial charge < -0.3 is 10.2 Å². The molecule has 0 heterocycles. The van der Waals surface area contributed by atoms with Crippen molar-refractivity contribution in [2.45, 2.75) is 29.8 Å². The molecule has 0 bridgehead atoms. The number of benzene rings is 1. The van der Waals surface area contributed by atoms with Crippen LogP contribution in [0.2, 0.25) is 0 Å². The average Bonchev–Trinajstić information content (AvgIpc) is 2.15. The van der Waals surface area contributed by atoms with Crippen molar-refractivity contribution in [3.8, 4) is 0 Å². The van der Waals surface area contributed by atoms with E-state index in [0.29, 0.717) is 0 Å². The van der Waals surface area contributed by atoms with Crippen LogP contribution in [0.4, 0.5) is 0 Å². The highest BCUT2D eigenvalue weighted by Gasteiger charge is 2.15. The smallest absolute Gasteiger partial charge is 0.163 e. The standard InChI is InChI=1S/C10H14O2S/c1-2-9(10(11)12)13-8-6-4-3-5-7-8/h3-7,9-12H,2H2,1H3. The predicted octanol–water partition coefficient (Wildman–Crippen LogP) is 1.87. The van der Waals surface area contributed by atoms with Crippen molar-refractivity contribution in [1.29, 1.82) is 0 Å². The van der Waals surface area contributed by atoms with E-state index in [2.05, 4.69) is 0 Å². The Balaban J connectivity index is 2.57. The van der Waals surface area contributed by atoms with Crippen LogP contribution in [0.25, 0.3) is 0 Å². The van der Waals surface area contributed by atoms with Gasteiger partial charge in [-0.3, -0.25) is 0 Å². The van der Waals surface area contributed by atoms with Crippen LogP contribution in [0.3, 0.4) is 0 Å². The molecule has 1 unspecified atom stereocenters. The van der Waals surface area contributed by atoms with E-state index in [0.717, 1.165) is 11.3 Å². The second-order valence-corrected chi connectivity index (χ2v) is 4.10. The molecular weight excluding hydrogens is 184 g/mol. The first-order valence-electron chi connectivity index (χ1n) is 4.32. The van der Waals surface area contributed by atoms with Crippen molar-refractivity contribution < 1.29 is 10.2 Å². The molecule has 0 aliphatic carbocycles. The number of rotatable bonds is 4. The predicted molar refractivity (Wildman–Crippen MR) is 54.6 cm³/mol. The highest BCUT2D eigenvalue weighted by Crippen LogP contribution is 2.26. The molecule has 0 aromatic heterocycles. The van der Waals surface area contributed by atoms with Gasteiger partial charge in [0.05, 0.1) is 5.25 Å². The highest BCUT2D eigenvalue weighted by molar-refractivity contribution is 8.00. The topological polar surface area (TPSA) is 40.5 Å². The fourth-order valence-corrected chi connectivity index (χ4v) is 1.98. The van der Waals surface area contributed by atoms with Gasteiger partial charge in [0.2, 0.25) is 0 Å². The summed E-state index contributed by atoms with van der Waals surface area (Å²) < 4.78 is 0. The molecule has 1 aromatic carbocycles. The van der Waals surface area contributed by atoms with E-state index in [1.54, 1.807) is 0 Å². The molecule has 0 spiro atoms. The van der Waals surface area contributed by atoms with Crippen molar-refractivity contribution in [2.24, 2.45) is 0 Å². The molecule has 0 radical (unpaired) electrons. The van der Waals surface area contributed by atoms with Crippen LogP contribution < -0.4 is 0 Å². The van der Waals surface area contributed by atoms with E-state index in [4.69, 9.17) is 10.2 Å². The molecule has 0 saturated carbocycles. The van der Waals surface area contributed by atoms with Gasteiger partial charge in [0.15, 0.2) is 6.29 Å². The quantitative estimate of drug-likeness (QED) is 0.573. The molecule has 0 fully saturated rings. The zero-order valence-electron chi connectivity index (χ0n) is 7.55. The third-order valence-electron chi connectivity index (χ3n) is 1.77. The van der Waals surface area contributed by atoms with Gasteiger partial charge >= 0.3 is 0 Å². The third kappa shape index (κ3) is 3.38. The molecule has 3 heteroatoms. The molecule has 13 heavy (non-hydrogen) atoms. The Hall–Kier alpha value is -0.510. The molecule has 0 aliphatic heterocycles. The highest BCUT2D eigenvalue weighted by atomic mass is 32.2. The molecule has 2 N–H and O–H groups in total. The Morgan fingerprint density at radius 3 is 2.31 bits per heavy atom. The maximum atomic E-state index is 9.01. The SMILES string of the molecule is CCC(Sc1ccccc1)C(O)O. The summed E-state index contributed by atoms with van der Waals surface area (Å²) in [5.74, 6) is 0. The van der Waals surface area contributed by atoms with Crippen LogP contribution in [0.15, 0.2) is 35.2 Å². The lowest BCUT2D eigenvalue weighted by atomic mass is 10.3. The average molecular weight is 198 g/mol. The summed E-state index contributed by atoms with van der Waals surface area (Å²) in [4.78, 5) is 1.07. The van der Waals surface area contributed by atoms with E-state index < -0.39 is 6.29 Å². The number of hydrogen-bond donors (Lipinski definition) is 2. The van der Waals surface area contributed by atoms with E-state index in [9.17, 15) is 0 Å². The van der Waals surface area contributed by atoms with Gasteiger partial charge in [0, 0.05) is 4.90 Å². The second-order valence-electron chi connectivity index (χ2n) is 2.79. The summed E-state index contributed by atoms with van der Waals surface area (Å²) in [6.45, 7) is 1.94. The summed E-state index contributed by atoms with van der Waals surface area (Å²) in [6, 6.07) is 9.77. The zero-order chi connectivity index (χ0) is 9.68. The first-order valence-corrected chi connectivity index (χ1v) is 5.20. The summed E-state index contributed by atoms with van der Waals surface area (Å²) in [5.41, 5.74) is 0. The van der Waals surface area contributed by atoms with Gasteiger partial charge in [0.25, 0.3) is 0 Å². The van der Waals surface area contributed by atoms with Crippen molar-refractivity contribution in [1.82, 2.24) is 0 Å². The maximum Gasteiger partial charge on any atom is 0.163 e. The fourth-order valence-electron chi connectivity index (χ4n) is 1.03. The van der Waals surface area contributed by atoms with Crippen LogP contribution >= 0.6 is 11.8 Å². The van der Waals surface area contributed by atoms with Gasteiger partial charge in [-0.2, -0.15) is 0 Å². The molecule has 72 valence electrons. The van der Waals surface area contributed by atoms with Crippen LogP contribution in [0, 0.1) is 0 Å². The monoisotopic (exact) mass is 198 g/mol. The first-order chi connectivity index (χ1) is 6.24. The van der Waals surface area contributed by atoms with Gasteiger partial charge in [-0.25, -0.2) is 0 Å². The maximum absolute atomic E-state index is 9.01. The van der Waals surface area contributed by atoms with E-state index in [1.165, 1.54) is 11.8 Å². The molecule has 0 aliphatic rings. The molecule has 1 atom stereocenters. The van der Waals surface area contributed by atoms with Crippen molar-refractivity contribution >= 4 is 11.8 Å². The van der Waals surface area contributed by atoms with Gasteiger partial charge in [-0.05, 0) is 18.6 Å². The molecular formula is C10H14O2S. The minimum atomic E-state index is -1.24. The Kier molecular flexibility index (Phi) is 4.28. The largest absolute Gasteiger partial charge is 0.367 e. The van der Waals surface area contributed by atoms with Gasteiger partial charge in [0.1, 0.15) is 0 Å². The molecule has 0 saturated heterocycles. The molecule has 1 aromatic rings. The van der Waals surface area contributed by atoms with E-state index in [1.807, 2.05) is 37.3 Å². The van der Waals surface area contributed by atoms with E-state index >= 15 is 0 Å². The Morgan fingerprint density at radius 2 is 1.85 bits per heavy atom. The molecule has 1 rings (SSSR count). The summed E-state index contributed by atoms with van der Waals surface area (Å²) in [6.07, 6.45) is -0.493. The Morgan fingerprint density at radius 1 is 1.23 bits per heavy atom. The first kappa shape index (κ1) is 10.6. The van der Waals surface area contributed by atoms with E-state index in [-0.39, 0.29) is 5.25 Å². The van der Waals surface area contributed by atoms with Gasteiger partial charge in [-0.15, -0.1) is 11.8 Å². The number of aliphatic hydroxyl groups excluding tert-OH is 1. The van der Waals surface area contributed by atoms with Crippen molar-refractivity contribution in [3.05, 3.63) is 30.3 Å². The molecule has 0 amide bonds. The van der Waals surface area contributed by atoms with Crippen molar-refractivity contribution in [3.63, 3.8) is 0 Å². The van der Waals surface area contributed by atoms with Crippen LogP contribution in [0.1, 0.15) is 13.3 Å². The van der Waals surface area contributed by atoms with Crippen molar-refractivity contribution in [2.75, 3.05) is 0 Å². The normalized spacial score (nSPS) is 13.2. The van der Waals surface area contributed by atoms with Gasteiger partial charge in [-0.1, -0.05) is 25.1 Å². The summed E-state index contributed by atoms with van der Waals surface area (Å²) in [7, 11) is 0. The lowest BCUT2D eigenvalue weighted by Gasteiger charge is -2.15. The number of aliphatic hydroxyl groups is 2. The minimum Gasteiger partial charge on any atom is -0.367 e. The third-order valence-corrected chi connectivity index (χ3v) is 3.19. The lowest BCUT2D eigenvalue weighted by molar-refractivity contribution is -0.0404.